The van der Waals surface area contributed by atoms with Crippen molar-refractivity contribution in [3.05, 3.63) is 53.0 Å². The van der Waals surface area contributed by atoms with E-state index in [4.69, 9.17) is 10.5 Å². The van der Waals surface area contributed by atoms with Crippen molar-refractivity contribution in [1.82, 2.24) is 19.4 Å². The van der Waals surface area contributed by atoms with Gasteiger partial charge in [0.05, 0.1) is 12.2 Å². The number of fused-ring (bicyclic) bond motifs is 1. The molecule has 0 bridgehead atoms. The summed E-state index contributed by atoms with van der Waals surface area (Å²) in [6.45, 7) is 8.56. The molecule has 0 saturated carbocycles. The molecule has 174 valence electrons. The summed E-state index contributed by atoms with van der Waals surface area (Å²) in [6, 6.07) is 10.2. The second-order valence-electron chi connectivity index (χ2n) is 8.87. The molecule has 4 rings (SSSR count). The molecule has 2 N–H and O–H groups in total. The molecular weight excluding hydrogens is 410 g/mol. The normalized spacial score (nSPS) is 14.4. The monoisotopic (exact) mass is 445 g/mol. The number of nitrogens with zero attached hydrogens (tertiary/aromatic N) is 4. The number of unbranched alkanes of at least 4 members (excludes halogenated alkanes) is 2. The van der Waals surface area contributed by atoms with Gasteiger partial charge in [0.15, 0.2) is 5.82 Å². The third-order valence-corrected chi connectivity index (χ3v) is 6.32. The zero-order valence-electron chi connectivity index (χ0n) is 19.9. The van der Waals surface area contributed by atoms with E-state index in [-0.39, 0.29) is 0 Å². The fourth-order valence-electron chi connectivity index (χ4n) is 4.53. The van der Waals surface area contributed by atoms with Gasteiger partial charge >= 0.3 is 0 Å². The quantitative estimate of drug-likeness (QED) is 0.398. The number of aryl methyl sites for hydroxylation is 1. The molecule has 1 saturated heterocycles. The predicted octanol–water partition coefficient (Wildman–Crippen LogP) is 4.81. The molecular formula is C27H35N5O. The van der Waals surface area contributed by atoms with Crippen molar-refractivity contribution in [3.8, 4) is 11.8 Å². The van der Waals surface area contributed by atoms with Gasteiger partial charge in [0, 0.05) is 12.1 Å². The maximum atomic E-state index is 6.31. The standard InChI is InChI=1S/C27H35N5O/c1-21-24(15-9-3-4-10-16-31-17-11-6-12-18-31)25-26(27(28)30-22(2)29-25)32(21)20-33-19-23-13-7-5-8-14-23/h5,7-8,13-14H,3-4,6,10-12,16-20H2,1-2H3,(H2,28,29,30). The molecule has 6 heteroatoms. The Morgan fingerprint density at radius 1 is 1.03 bits per heavy atom. The molecule has 3 heterocycles. The van der Waals surface area contributed by atoms with Gasteiger partial charge in [-0.25, -0.2) is 9.97 Å². The second-order valence-corrected chi connectivity index (χ2v) is 8.87. The Hall–Kier alpha value is -2.88. The highest BCUT2D eigenvalue weighted by Gasteiger charge is 2.18. The summed E-state index contributed by atoms with van der Waals surface area (Å²) >= 11 is 0. The van der Waals surface area contributed by atoms with Crippen LogP contribution >= 0.6 is 0 Å². The van der Waals surface area contributed by atoms with E-state index in [0.717, 1.165) is 40.7 Å². The SMILES string of the molecule is Cc1nc(N)c2c(n1)c(C#CCCCCN1CCCCC1)c(C)n2COCc1ccccc1. The lowest BCUT2D eigenvalue weighted by molar-refractivity contribution is 0.0657. The summed E-state index contributed by atoms with van der Waals surface area (Å²) in [6.07, 6.45) is 7.31. The number of rotatable bonds is 8. The Morgan fingerprint density at radius 2 is 1.82 bits per heavy atom. The third kappa shape index (κ3) is 5.93. The summed E-state index contributed by atoms with van der Waals surface area (Å²) in [5.41, 5.74) is 11.0. The van der Waals surface area contributed by atoms with Crippen molar-refractivity contribution in [2.45, 2.75) is 65.7 Å². The first-order valence-electron chi connectivity index (χ1n) is 12.1. The van der Waals surface area contributed by atoms with E-state index in [1.54, 1.807) is 0 Å². The lowest BCUT2D eigenvalue weighted by atomic mass is 10.1. The Kier molecular flexibility index (Phi) is 7.98. The average Bonchev–Trinajstić information content (AvgIpc) is 3.08. The Bertz CT molecular complexity index is 1120. The Labute approximate surface area is 197 Å². The van der Waals surface area contributed by atoms with Gasteiger partial charge in [-0.3, -0.25) is 0 Å². The van der Waals surface area contributed by atoms with Crippen LogP contribution in [0.25, 0.3) is 11.0 Å². The molecule has 0 aliphatic carbocycles. The maximum absolute atomic E-state index is 6.31. The lowest BCUT2D eigenvalue weighted by Gasteiger charge is -2.26. The van der Waals surface area contributed by atoms with Crippen LogP contribution in [0.15, 0.2) is 30.3 Å². The largest absolute Gasteiger partial charge is 0.382 e. The molecule has 1 fully saturated rings. The fourth-order valence-corrected chi connectivity index (χ4v) is 4.53. The van der Waals surface area contributed by atoms with E-state index in [0.29, 0.717) is 25.0 Å². The third-order valence-electron chi connectivity index (χ3n) is 6.32. The summed E-state index contributed by atoms with van der Waals surface area (Å²) in [7, 11) is 0. The van der Waals surface area contributed by atoms with Crippen LogP contribution in [0.3, 0.4) is 0 Å². The number of hydrogen-bond donors (Lipinski definition) is 1. The summed E-state index contributed by atoms with van der Waals surface area (Å²) in [5.74, 6) is 7.90. The van der Waals surface area contributed by atoms with E-state index >= 15 is 0 Å². The average molecular weight is 446 g/mol. The van der Waals surface area contributed by atoms with Crippen LogP contribution in [0.1, 0.15) is 61.2 Å². The summed E-state index contributed by atoms with van der Waals surface area (Å²) in [5, 5.41) is 0. The van der Waals surface area contributed by atoms with Crippen LogP contribution in [-0.4, -0.2) is 39.1 Å². The number of benzene rings is 1. The number of nitrogens with two attached hydrogens (primary N) is 1. The molecule has 33 heavy (non-hydrogen) atoms. The van der Waals surface area contributed by atoms with Crippen molar-refractivity contribution in [2.24, 2.45) is 0 Å². The Balaban J connectivity index is 1.44. The first kappa shape index (κ1) is 23.3. The smallest absolute Gasteiger partial charge is 0.151 e. The van der Waals surface area contributed by atoms with Gasteiger partial charge in [-0.1, -0.05) is 48.6 Å². The molecule has 3 aromatic rings. The number of nitrogen functional groups attached to an aromatic ring is 1. The van der Waals surface area contributed by atoms with E-state index in [2.05, 4.69) is 45.8 Å². The van der Waals surface area contributed by atoms with Gasteiger partial charge in [0.1, 0.15) is 23.6 Å². The molecule has 1 aromatic carbocycles. The lowest BCUT2D eigenvalue weighted by Crippen LogP contribution is -2.30. The van der Waals surface area contributed by atoms with Gasteiger partial charge in [-0.2, -0.15) is 0 Å². The van der Waals surface area contributed by atoms with Crippen molar-refractivity contribution in [2.75, 3.05) is 25.4 Å². The minimum atomic E-state index is 0.380. The van der Waals surface area contributed by atoms with E-state index < -0.39 is 0 Å². The van der Waals surface area contributed by atoms with Crippen LogP contribution in [0, 0.1) is 25.7 Å². The van der Waals surface area contributed by atoms with Gasteiger partial charge in [-0.05, 0) is 64.7 Å². The van der Waals surface area contributed by atoms with Crippen LogP contribution in [0.4, 0.5) is 5.82 Å². The number of aromatic nitrogens is 3. The highest BCUT2D eigenvalue weighted by atomic mass is 16.5. The van der Waals surface area contributed by atoms with Gasteiger partial charge < -0.3 is 19.9 Å². The molecule has 0 spiro atoms. The number of ether oxygens (including phenoxy) is 1. The van der Waals surface area contributed by atoms with Crippen molar-refractivity contribution < 1.29 is 4.74 Å². The molecule has 0 radical (unpaired) electrons. The molecule has 1 aliphatic rings. The van der Waals surface area contributed by atoms with Crippen molar-refractivity contribution in [1.29, 1.82) is 0 Å². The zero-order chi connectivity index (χ0) is 23.0. The number of likely N-dealkylation sites (tertiary alicyclic amines) is 1. The first-order chi connectivity index (χ1) is 16.1. The van der Waals surface area contributed by atoms with Crippen LogP contribution in [0.2, 0.25) is 0 Å². The molecule has 0 unspecified atom stereocenters. The number of hydrogen-bond acceptors (Lipinski definition) is 5. The van der Waals surface area contributed by atoms with Gasteiger partial charge in [-0.15, -0.1) is 0 Å². The van der Waals surface area contributed by atoms with Crippen LogP contribution in [0.5, 0.6) is 0 Å². The minimum absolute atomic E-state index is 0.380. The topological polar surface area (TPSA) is 69.2 Å². The van der Waals surface area contributed by atoms with E-state index in [1.807, 2.05) is 29.7 Å². The van der Waals surface area contributed by atoms with E-state index in [9.17, 15) is 0 Å². The first-order valence-corrected chi connectivity index (χ1v) is 12.1. The molecule has 6 nitrogen and oxygen atoms in total. The zero-order valence-corrected chi connectivity index (χ0v) is 19.9. The van der Waals surface area contributed by atoms with Crippen molar-refractivity contribution in [3.63, 3.8) is 0 Å². The van der Waals surface area contributed by atoms with Gasteiger partial charge in [0.25, 0.3) is 0 Å². The summed E-state index contributed by atoms with van der Waals surface area (Å²) in [4.78, 5) is 11.7. The summed E-state index contributed by atoms with van der Waals surface area (Å²) < 4.78 is 8.06. The molecule has 0 amide bonds. The highest BCUT2D eigenvalue weighted by molar-refractivity contribution is 5.91. The fraction of sp³-hybridized carbons (Fsp3) is 0.481. The number of piperidine rings is 1. The van der Waals surface area contributed by atoms with E-state index in [1.165, 1.54) is 45.3 Å². The minimum Gasteiger partial charge on any atom is -0.382 e. The number of anilines is 1. The second kappa shape index (κ2) is 11.3. The predicted molar refractivity (Wildman–Crippen MR) is 134 cm³/mol. The highest BCUT2D eigenvalue weighted by Crippen LogP contribution is 2.27. The van der Waals surface area contributed by atoms with Gasteiger partial charge in [0.2, 0.25) is 0 Å². The van der Waals surface area contributed by atoms with Crippen LogP contribution < -0.4 is 5.73 Å². The maximum Gasteiger partial charge on any atom is 0.151 e. The molecule has 2 aromatic heterocycles. The van der Waals surface area contributed by atoms with Crippen molar-refractivity contribution >= 4 is 16.9 Å². The molecule has 1 aliphatic heterocycles. The van der Waals surface area contributed by atoms with Crippen LogP contribution in [-0.2, 0) is 18.1 Å². The molecule has 0 atom stereocenters. The Morgan fingerprint density at radius 3 is 2.61 bits per heavy atom.